The van der Waals surface area contributed by atoms with Gasteiger partial charge in [-0.3, -0.25) is 4.79 Å². The Labute approximate surface area is 58.9 Å². The minimum Gasteiger partial charge on any atom is -0.464 e. The Hall–Kier alpha value is -1.15. The van der Waals surface area contributed by atoms with E-state index in [9.17, 15) is 9.59 Å². The van der Waals surface area contributed by atoms with Crippen molar-refractivity contribution in [3.05, 3.63) is 0 Å². The fourth-order valence-electron chi connectivity index (χ4n) is 0.365. The number of nitrogens with zero attached hydrogens (tertiary/aromatic N) is 1. The summed E-state index contributed by atoms with van der Waals surface area (Å²) in [7, 11) is 0. The summed E-state index contributed by atoms with van der Waals surface area (Å²) < 4.78 is 4.54. The molecule has 0 aromatic carbocycles. The van der Waals surface area contributed by atoms with Crippen molar-refractivity contribution in [3.8, 4) is 0 Å². The number of carbonyl (C=O) groups excluding carboxylic acids is 2. The Morgan fingerprint density at radius 2 is 2.40 bits per heavy atom. The van der Waals surface area contributed by atoms with Gasteiger partial charge in [0, 0.05) is 6.92 Å². The maximum atomic E-state index is 10.2. The maximum Gasteiger partial charge on any atom is 0.302 e. The SMILES string of the molecule is CC(=O)OCC(C)N=C=O. The molecule has 1 atom stereocenters. The van der Waals surface area contributed by atoms with Gasteiger partial charge in [0.15, 0.2) is 0 Å². The lowest BCUT2D eigenvalue weighted by molar-refractivity contribution is -0.141. The van der Waals surface area contributed by atoms with Gasteiger partial charge in [-0.2, -0.15) is 4.99 Å². The Morgan fingerprint density at radius 3 is 2.80 bits per heavy atom. The molecule has 0 N–H and O–H groups in total. The molecule has 0 amide bonds. The quantitative estimate of drug-likeness (QED) is 0.324. The Balaban J connectivity index is 3.48. The number of rotatable bonds is 3. The summed E-state index contributed by atoms with van der Waals surface area (Å²) in [6.45, 7) is 3.11. The zero-order chi connectivity index (χ0) is 7.98. The van der Waals surface area contributed by atoms with Gasteiger partial charge >= 0.3 is 5.97 Å². The third-order valence-corrected chi connectivity index (χ3v) is 0.801. The van der Waals surface area contributed by atoms with E-state index >= 15 is 0 Å². The molecule has 0 spiro atoms. The van der Waals surface area contributed by atoms with Crippen LogP contribution in [-0.4, -0.2) is 24.7 Å². The fraction of sp³-hybridized carbons (Fsp3) is 0.667. The normalized spacial score (nSPS) is 11.4. The van der Waals surface area contributed by atoms with Gasteiger partial charge in [-0.25, -0.2) is 4.79 Å². The van der Waals surface area contributed by atoms with E-state index in [-0.39, 0.29) is 18.6 Å². The molecule has 0 fully saturated rings. The molecule has 56 valence electrons. The van der Waals surface area contributed by atoms with E-state index in [0.29, 0.717) is 0 Å². The Kier molecular flexibility index (Phi) is 4.16. The zero-order valence-corrected chi connectivity index (χ0v) is 5.96. The van der Waals surface area contributed by atoms with Gasteiger partial charge in [0.1, 0.15) is 6.61 Å². The smallest absolute Gasteiger partial charge is 0.302 e. The summed E-state index contributed by atoms with van der Waals surface area (Å²) in [4.78, 5) is 23.1. The highest BCUT2D eigenvalue weighted by Gasteiger charge is 1.99. The summed E-state index contributed by atoms with van der Waals surface area (Å²) >= 11 is 0. The highest BCUT2D eigenvalue weighted by atomic mass is 16.5. The van der Waals surface area contributed by atoms with Crippen molar-refractivity contribution < 1.29 is 14.3 Å². The minimum absolute atomic E-state index is 0.143. The Bertz CT molecular complexity index is 160. The first-order valence-corrected chi connectivity index (χ1v) is 2.87. The van der Waals surface area contributed by atoms with Crippen LogP contribution in [0.5, 0.6) is 0 Å². The average Bonchev–Trinajstić information content (AvgIpc) is 1.85. The topological polar surface area (TPSA) is 55.7 Å². The van der Waals surface area contributed by atoms with E-state index in [0.717, 1.165) is 0 Å². The highest BCUT2D eigenvalue weighted by molar-refractivity contribution is 5.65. The minimum atomic E-state index is -0.368. The lowest BCUT2D eigenvalue weighted by Gasteiger charge is -2.02. The number of hydrogen-bond acceptors (Lipinski definition) is 4. The van der Waals surface area contributed by atoms with Crippen molar-refractivity contribution in [1.82, 2.24) is 0 Å². The number of esters is 1. The van der Waals surface area contributed by atoms with E-state index in [4.69, 9.17) is 0 Å². The van der Waals surface area contributed by atoms with Crippen LogP contribution in [0, 0.1) is 0 Å². The van der Waals surface area contributed by atoms with Crippen molar-refractivity contribution in [3.63, 3.8) is 0 Å². The molecule has 0 saturated heterocycles. The molecule has 0 radical (unpaired) electrons. The van der Waals surface area contributed by atoms with E-state index < -0.39 is 0 Å². The monoisotopic (exact) mass is 143 g/mol. The molecular formula is C6H9NO3. The van der Waals surface area contributed by atoms with Crippen LogP contribution in [0.2, 0.25) is 0 Å². The first kappa shape index (κ1) is 8.85. The third kappa shape index (κ3) is 5.00. The summed E-state index contributed by atoms with van der Waals surface area (Å²) in [5.74, 6) is -0.368. The van der Waals surface area contributed by atoms with Crippen molar-refractivity contribution in [2.24, 2.45) is 4.99 Å². The van der Waals surface area contributed by atoms with Crippen molar-refractivity contribution >= 4 is 12.0 Å². The molecule has 4 nitrogen and oxygen atoms in total. The molecule has 0 aliphatic carbocycles. The number of carbonyl (C=O) groups is 1. The zero-order valence-electron chi connectivity index (χ0n) is 5.96. The van der Waals surface area contributed by atoms with Crippen LogP contribution >= 0.6 is 0 Å². The van der Waals surface area contributed by atoms with E-state index in [1.54, 1.807) is 6.92 Å². The average molecular weight is 143 g/mol. The molecule has 1 unspecified atom stereocenters. The fourth-order valence-corrected chi connectivity index (χ4v) is 0.365. The highest BCUT2D eigenvalue weighted by Crippen LogP contribution is 1.88. The predicted octanol–water partition coefficient (Wildman–Crippen LogP) is 0.274. The van der Waals surface area contributed by atoms with Crippen molar-refractivity contribution in [2.45, 2.75) is 19.9 Å². The second kappa shape index (κ2) is 4.70. The van der Waals surface area contributed by atoms with Gasteiger partial charge in [-0.15, -0.1) is 0 Å². The van der Waals surface area contributed by atoms with E-state index in [1.165, 1.54) is 13.0 Å². The number of isocyanates is 1. The van der Waals surface area contributed by atoms with Crippen LogP contribution in [0.15, 0.2) is 4.99 Å². The van der Waals surface area contributed by atoms with Crippen LogP contribution in [-0.2, 0) is 14.3 Å². The molecular weight excluding hydrogens is 134 g/mol. The second-order valence-electron chi connectivity index (χ2n) is 1.87. The summed E-state index contributed by atoms with van der Waals surface area (Å²) in [5, 5.41) is 0. The molecule has 0 aromatic heterocycles. The van der Waals surface area contributed by atoms with E-state index in [2.05, 4.69) is 9.73 Å². The number of hydrogen-bond donors (Lipinski definition) is 0. The lowest BCUT2D eigenvalue weighted by atomic mass is 10.4. The van der Waals surface area contributed by atoms with Gasteiger partial charge in [0.2, 0.25) is 6.08 Å². The standard InChI is InChI=1S/C6H9NO3/c1-5(7-4-8)3-10-6(2)9/h5H,3H2,1-2H3. The molecule has 0 aliphatic rings. The molecule has 4 heteroatoms. The van der Waals surface area contributed by atoms with Gasteiger partial charge in [0.05, 0.1) is 6.04 Å². The second-order valence-corrected chi connectivity index (χ2v) is 1.87. The van der Waals surface area contributed by atoms with Gasteiger partial charge in [0.25, 0.3) is 0 Å². The summed E-state index contributed by atoms with van der Waals surface area (Å²) in [6, 6.07) is -0.290. The number of ether oxygens (including phenoxy) is 1. The van der Waals surface area contributed by atoms with Crippen LogP contribution in [0.3, 0.4) is 0 Å². The van der Waals surface area contributed by atoms with Gasteiger partial charge < -0.3 is 4.74 Å². The van der Waals surface area contributed by atoms with Crippen LogP contribution in [0.4, 0.5) is 0 Å². The van der Waals surface area contributed by atoms with Crippen LogP contribution in [0.25, 0.3) is 0 Å². The third-order valence-electron chi connectivity index (χ3n) is 0.801. The largest absolute Gasteiger partial charge is 0.464 e. The molecule has 0 bridgehead atoms. The molecule has 0 aromatic rings. The summed E-state index contributed by atoms with van der Waals surface area (Å²) in [5.41, 5.74) is 0. The number of aliphatic imine (C=N–C) groups is 1. The Morgan fingerprint density at radius 1 is 1.80 bits per heavy atom. The van der Waals surface area contributed by atoms with Crippen molar-refractivity contribution in [1.29, 1.82) is 0 Å². The molecule has 0 saturated carbocycles. The maximum absolute atomic E-state index is 10.2. The molecule has 0 aliphatic heterocycles. The van der Waals surface area contributed by atoms with Gasteiger partial charge in [-0.1, -0.05) is 0 Å². The first-order chi connectivity index (χ1) is 4.66. The molecule has 10 heavy (non-hydrogen) atoms. The molecule has 0 heterocycles. The predicted molar refractivity (Wildman–Crippen MR) is 34.2 cm³/mol. The van der Waals surface area contributed by atoms with Crippen molar-refractivity contribution in [2.75, 3.05) is 6.61 Å². The summed E-state index contributed by atoms with van der Waals surface area (Å²) in [6.07, 6.45) is 1.37. The van der Waals surface area contributed by atoms with Gasteiger partial charge in [-0.05, 0) is 6.92 Å². The van der Waals surface area contributed by atoms with Crippen LogP contribution < -0.4 is 0 Å². The lowest BCUT2D eigenvalue weighted by Crippen LogP contribution is -2.11. The van der Waals surface area contributed by atoms with Crippen LogP contribution in [0.1, 0.15) is 13.8 Å². The first-order valence-electron chi connectivity index (χ1n) is 2.87. The van der Waals surface area contributed by atoms with E-state index in [1.807, 2.05) is 0 Å². The molecule has 0 rings (SSSR count).